The Morgan fingerprint density at radius 1 is 1.73 bits per heavy atom. The van der Waals surface area contributed by atoms with E-state index in [1.165, 1.54) is 17.0 Å². The van der Waals surface area contributed by atoms with Crippen molar-refractivity contribution in [3.8, 4) is 0 Å². The van der Waals surface area contributed by atoms with Crippen molar-refractivity contribution >= 4 is 11.6 Å². The molecule has 5 heteroatoms. The number of rotatable bonds is 2. The first kappa shape index (κ1) is 8.23. The van der Waals surface area contributed by atoms with Crippen LogP contribution in [0.4, 0.5) is 0 Å². The van der Waals surface area contributed by atoms with E-state index in [1.54, 1.807) is 0 Å². The van der Waals surface area contributed by atoms with Crippen molar-refractivity contribution in [2.45, 2.75) is 6.54 Å². The lowest BCUT2D eigenvalue weighted by Gasteiger charge is -1.99. The molecule has 1 rings (SSSR count). The molecule has 1 aromatic heterocycles. The third-order valence-corrected chi connectivity index (χ3v) is 1.39. The number of aliphatic hydroxyl groups is 1. The van der Waals surface area contributed by atoms with E-state index in [4.69, 9.17) is 16.7 Å². The molecule has 11 heavy (non-hydrogen) atoms. The summed E-state index contributed by atoms with van der Waals surface area (Å²) >= 11 is 5.43. The van der Waals surface area contributed by atoms with Gasteiger partial charge < -0.3 is 5.11 Å². The van der Waals surface area contributed by atoms with Crippen molar-refractivity contribution in [3.05, 3.63) is 27.9 Å². The first-order valence-corrected chi connectivity index (χ1v) is 3.44. The number of hydrogen-bond donors (Lipinski definition) is 1. The van der Waals surface area contributed by atoms with Crippen molar-refractivity contribution in [3.63, 3.8) is 0 Å². The average molecular weight is 175 g/mol. The van der Waals surface area contributed by atoms with Gasteiger partial charge in [-0.05, 0) is 0 Å². The molecule has 4 nitrogen and oxygen atoms in total. The topological polar surface area (TPSA) is 55.1 Å². The Balaban J connectivity index is 3.00. The van der Waals surface area contributed by atoms with E-state index in [9.17, 15) is 4.79 Å². The molecule has 0 radical (unpaired) electrons. The number of halogens is 1. The highest BCUT2D eigenvalue weighted by molar-refractivity contribution is 6.29. The molecule has 0 fully saturated rings. The maximum atomic E-state index is 11.0. The summed E-state index contributed by atoms with van der Waals surface area (Å²) in [6, 6.07) is 1.21. The summed E-state index contributed by atoms with van der Waals surface area (Å²) < 4.78 is 1.28. The van der Waals surface area contributed by atoms with Crippen LogP contribution < -0.4 is 5.56 Å². The Morgan fingerprint density at radius 2 is 2.45 bits per heavy atom. The van der Waals surface area contributed by atoms with Gasteiger partial charge in [-0.2, -0.15) is 0 Å². The van der Waals surface area contributed by atoms with Crippen molar-refractivity contribution in [1.29, 1.82) is 0 Å². The molecule has 0 bridgehead atoms. The molecule has 0 aliphatic rings. The van der Waals surface area contributed by atoms with Gasteiger partial charge in [0.25, 0.3) is 5.56 Å². The maximum Gasteiger partial charge on any atom is 0.254 e. The van der Waals surface area contributed by atoms with Gasteiger partial charge >= 0.3 is 0 Å². The molecule has 0 unspecified atom stereocenters. The van der Waals surface area contributed by atoms with Gasteiger partial charge in [-0.1, -0.05) is 11.6 Å². The van der Waals surface area contributed by atoms with Gasteiger partial charge in [-0.15, -0.1) is 0 Å². The molecule has 1 heterocycles. The Labute approximate surface area is 68.1 Å². The minimum Gasteiger partial charge on any atom is -0.395 e. The van der Waals surface area contributed by atoms with Crippen LogP contribution in [0.1, 0.15) is 0 Å². The zero-order valence-corrected chi connectivity index (χ0v) is 6.45. The maximum absolute atomic E-state index is 11.0. The fourth-order valence-corrected chi connectivity index (χ4v) is 0.816. The summed E-state index contributed by atoms with van der Waals surface area (Å²) in [6.45, 7) is 0.173. The molecule has 0 saturated carbocycles. The average Bonchev–Trinajstić information content (AvgIpc) is 1.95. The van der Waals surface area contributed by atoms with Crippen LogP contribution in [-0.4, -0.2) is 21.3 Å². The van der Waals surface area contributed by atoms with E-state index in [2.05, 4.69) is 4.98 Å². The third-order valence-electron chi connectivity index (χ3n) is 1.19. The number of nitrogens with zero attached hydrogens (tertiary/aromatic N) is 2. The van der Waals surface area contributed by atoms with E-state index in [0.717, 1.165) is 0 Å². The summed E-state index contributed by atoms with van der Waals surface area (Å²) in [6.07, 6.45) is 1.31. The second kappa shape index (κ2) is 3.50. The summed E-state index contributed by atoms with van der Waals surface area (Å²) in [5, 5.41) is 8.66. The predicted octanol–water partition coefficient (Wildman–Crippen LogP) is -0.111. The van der Waals surface area contributed by atoms with Crippen LogP contribution >= 0.6 is 11.6 Å². The third kappa shape index (κ3) is 2.03. The second-order valence-corrected chi connectivity index (χ2v) is 2.35. The number of aliphatic hydroxyl groups excluding tert-OH is 1. The largest absolute Gasteiger partial charge is 0.395 e. The lowest BCUT2D eigenvalue weighted by molar-refractivity contribution is 0.273. The van der Waals surface area contributed by atoms with E-state index in [0.29, 0.717) is 0 Å². The Morgan fingerprint density at radius 3 is 3.00 bits per heavy atom. The van der Waals surface area contributed by atoms with Gasteiger partial charge in [0.05, 0.1) is 19.5 Å². The van der Waals surface area contributed by atoms with E-state index >= 15 is 0 Å². The minimum absolute atomic E-state index is 0.0801. The molecule has 1 aromatic rings. The van der Waals surface area contributed by atoms with Gasteiger partial charge in [0, 0.05) is 6.07 Å². The first-order valence-electron chi connectivity index (χ1n) is 3.07. The van der Waals surface area contributed by atoms with E-state index in [-0.39, 0.29) is 23.9 Å². The van der Waals surface area contributed by atoms with Crippen LogP contribution in [0.2, 0.25) is 5.15 Å². The second-order valence-electron chi connectivity index (χ2n) is 1.97. The van der Waals surface area contributed by atoms with Crippen LogP contribution in [0.3, 0.4) is 0 Å². The quantitative estimate of drug-likeness (QED) is 0.637. The zero-order chi connectivity index (χ0) is 8.27. The SMILES string of the molecule is O=c1cc(Cl)ncn1CCO. The van der Waals surface area contributed by atoms with Crippen molar-refractivity contribution in [2.24, 2.45) is 0 Å². The summed E-state index contributed by atoms with van der Waals surface area (Å²) in [7, 11) is 0. The van der Waals surface area contributed by atoms with E-state index in [1.807, 2.05) is 0 Å². The van der Waals surface area contributed by atoms with Gasteiger partial charge in [0.2, 0.25) is 0 Å². The molecule has 0 atom stereocenters. The molecule has 0 saturated heterocycles. The number of hydrogen-bond acceptors (Lipinski definition) is 3. The Hall–Kier alpha value is -0.870. The molecule has 0 aliphatic carbocycles. The fourth-order valence-electron chi connectivity index (χ4n) is 0.679. The van der Waals surface area contributed by atoms with Crippen LogP contribution in [0.5, 0.6) is 0 Å². The van der Waals surface area contributed by atoms with Crippen molar-refractivity contribution in [1.82, 2.24) is 9.55 Å². The van der Waals surface area contributed by atoms with Gasteiger partial charge in [0.15, 0.2) is 0 Å². The molecule has 0 amide bonds. The minimum atomic E-state index is -0.251. The highest BCUT2D eigenvalue weighted by Crippen LogP contribution is 1.95. The molecule has 0 aromatic carbocycles. The fraction of sp³-hybridized carbons (Fsp3) is 0.333. The predicted molar refractivity (Wildman–Crippen MR) is 40.6 cm³/mol. The van der Waals surface area contributed by atoms with Gasteiger partial charge in [-0.25, -0.2) is 4.98 Å². The van der Waals surface area contributed by atoms with Gasteiger partial charge in [0.1, 0.15) is 5.15 Å². The highest BCUT2D eigenvalue weighted by Gasteiger charge is 1.95. The van der Waals surface area contributed by atoms with Crippen molar-refractivity contribution in [2.75, 3.05) is 6.61 Å². The molecule has 1 N–H and O–H groups in total. The lowest BCUT2D eigenvalue weighted by atomic mass is 10.6. The van der Waals surface area contributed by atoms with Crippen molar-refractivity contribution < 1.29 is 5.11 Å². The first-order chi connectivity index (χ1) is 5.24. The molecule has 60 valence electrons. The molecule has 0 aliphatic heterocycles. The monoisotopic (exact) mass is 174 g/mol. The van der Waals surface area contributed by atoms with Crippen LogP contribution in [0.15, 0.2) is 17.2 Å². The molecular formula is C6H7ClN2O2. The summed E-state index contributed by atoms with van der Waals surface area (Å²) in [5.74, 6) is 0. The van der Waals surface area contributed by atoms with Crippen LogP contribution in [0, 0.1) is 0 Å². The molecule has 0 spiro atoms. The summed E-state index contributed by atoms with van der Waals surface area (Å²) in [5.41, 5.74) is -0.251. The normalized spacial score (nSPS) is 10.0. The van der Waals surface area contributed by atoms with Gasteiger partial charge in [-0.3, -0.25) is 9.36 Å². The Kier molecular flexibility index (Phi) is 2.62. The standard InChI is InChI=1S/C6H7ClN2O2/c7-5-3-6(11)9(1-2-10)4-8-5/h3-4,10H,1-2H2. The highest BCUT2D eigenvalue weighted by atomic mass is 35.5. The zero-order valence-electron chi connectivity index (χ0n) is 5.70. The lowest BCUT2D eigenvalue weighted by Crippen LogP contribution is -2.20. The summed E-state index contributed by atoms with van der Waals surface area (Å²) in [4.78, 5) is 14.6. The van der Waals surface area contributed by atoms with Crippen LogP contribution in [0.25, 0.3) is 0 Å². The molecular weight excluding hydrogens is 168 g/mol. The Bertz CT molecular complexity index is 297. The van der Waals surface area contributed by atoms with E-state index < -0.39 is 0 Å². The van der Waals surface area contributed by atoms with Crippen LogP contribution in [-0.2, 0) is 6.54 Å². The number of aromatic nitrogens is 2. The smallest absolute Gasteiger partial charge is 0.254 e.